The Bertz CT molecular complexity index is 904. The summed E-state index contributed by atoms with van der Waals surface area (Å²) in [6.07, 6.45) is 3.19. The van der Waals surface area contributed by atoms with E-state index in [1.165, 1.54) is 22.5 Å². The quantitative estimate of drug-likeness (QED) is 0.774. The van der Waals surface area contributed by atoms with Gasteiger partial charge in [0.2, 0.25) is 0 Å². The summed E-state index contributed by atoms with van der Waals surface area (Å²) in [7, 11) is -1.57. The lowest BCUT2D eigenvalue weighted by Gasteiger charge is -2.23. The topological polar surface area (TPSA) is 88.8 Å². The van der Waals surface area contributed by atoms with Crippen LogP contribution in [-0.2, 0) is 9.84 Å². The van der Waals surface area contributed by atoms with Gasteiger partial charge in [-0.3, -0.25) is 14.0 Å². The average molecular weight is 321 g/mol. The van der Waals surface area contributed by atoms with E-state index in [4.69, 9.17) is 0 Å². The summed E-state index contributed by atoms with van der Waals surface area (Å²) in [5, 5.41) is 0. The van der Waals surface area contributed by atoms with Crippen LogP contribution in [0.3, 0.4) is 0 Å². The molecule has 116 valence electrons. The van der Waals surface area contributed by atoms with Gasteiger partial charge in [0.1, 0.15) is 11.2 Å². The highest BCUT2D eigenvalue weighted by Crippen LogP contribution is 2.17. The van der Waals surface area contributed by atoms with Gasteiger partial charge in [0.15, 0.2) is 9.84 Å². The summed E-state index contributed by atoms with van der Waals surface area (Å²) in [4.78, 5) is 30.3. The molecule has 1 aliphatic rings. The lowest BCUT2D eigenvalue weighted by atomic mass is 10.2. The fourth-order valence-corrected chi connectivity index (χ4v) is 4.38. The maximum atomic E-state index is 12.5. The Labute approximate surface area is 127 Å². The Hall–Kier alpha value is -2.22. The zero-order valence-corrected chi connectivity index (χ0v) is 12.8. The molecule has 1 saturated heterocycles. The molecule has 3 rings (SSSR count). The highest BCUT2D eigenvalue weighted by Gasteiger charge is 2.33. The van der Waals surface area contributed by atoms with E-state index < -0.39 is 27.3 Å². The van der Waals surface area contributed by atoms with Gasteiger partial charge >= 0.3 is 0 Å². The summed E-state index contributed by atoms with van der Waals surface area (Å²) in [5.74, 6) is -0.486. The molecular weight excluding hydrogens is 306 g/mol. The molecule has 1 amide bonds. The number of hydrogen-bond acceptors (Lipinski definition) is 5. The van der Waals surface area contributed by atoms with E-state index in [9.17, 15) is 18.0 Å². The van der Waals surface area contributed by atoms with E-state index in [0.29, 0.717) is 12.1 Å². The summed E-state index contributed by atoms with van der Waals surface area (Å²) in [6.45, 7) is 0. The molecule has 2 aromatic rings. The number of sulfone groups is 1. The SMILES string of the molecule is CN(C(=O)c1cnc2ccccn2c1=O)[C@H]1CCS(=O)(=O)C1. The van der Waals surface area contributed by atoms with Gasteiger partial charge in [-0.15, -0.1) is 0 Å². The lowest BCUT2D eigenvalue weighted by molar-refractivity contribution is 0.0745. The standard InChI is InChI=1S/C14H15N3O4S/c1-16(10-5-7-22(20,21)9-10)13(18)11-8-15-12-4-2-3-6-17(12)14(11)19/h2-4,6,8,10H,5,7,9H2,1H3/t10-/m0/s1. The van der Waals surface area contributed by atoms with Crippen molar-refractivity contribution in [2.45, 2.75) is 12.5 Å². The van der Waals surface area contributed by atoms with E-state index >= 15 is 0 Å². The zero-order valence-electron chi connectivity index (χ0n) is 12.0. The highest BCUT2D eigenvalue weighted by molar-refractivity contribution is 7.91. The number of aromatic nitrogens is 2. The van der Waals surface area contributed by atoms with Crippen molar-refractivity contribution < 1.29 is 13.2 Å². The Balaban J connectivity index is 1.96. The van der Waals surface area contributed by atoms with Crippen molar-refractivity contribution in [1.82, 2.24) is 14.3 Å². The fourth-order valence-electron chi connectivity index (χ4n) is 2.61. The van der Waals surface area contributed by atoms with E-state index in [1.54, 1.807) is 24.4 Å². The number of carbonyl (C=O) groups is 1. The number of hydrogen-bond donors (Lipinski definition) is 0. The van der Waals surface area contributed by atoms with Crippen LogP contribution in [-0.4, -0.2) is 53.2 Å². The molecule has 0 N–H and O–H groups in total. The zero-order chi connectivity index (χ0) is 15.9. The van der Waals surface area contributed by atoms with Crippen LogP contribution < -0.4 is 5.56 Å². The molecule has 0 spiro atoms. The van der Waals surface area contributed by atoms with Crippen molar-refractivity contribution in [1.29, 1.82) is 0 Å². The van der Waals surface area contributed by atoms with Gasteiger partial charge in [-0.25, -0.2) is 13.4 Å². The average Bonchev–Trinajstić information content (AvgIpc) is 2.87. The van der Waals surface area contributed by atoms with Crippen LogP contribution in [0.1, 0.15) is 16.8 Å². The van der Waals surface area contributed by atoms with Gasteiger partial charge in [-0.05, 0) is 18.6 Å². The Morgan fingerprint density at radius 1 is 1.41 bits per heavy atom. The van der Waals surface area contributed by atoms with E-state index in [2.05, 4.69) is 4.98 Å². The summed E-state index contributed by atoms with van der Waals surface area (Å²) >= 11 is 0. The number of amides is 1. The van der Waals surface area contributed by atoms with Gasteiger partial charge in [0.25, 0.3) is 11.5 Å². The predicted octanol–water partition coefficient (Wildman–Crippen LogP) is -0.0464. The molecular formula is C14H15N3O4S. The maximum absolute atomic E-state index is 12.5. The molecule has 0 aromatic carbocycles. The molecule has 3 heterocycles. The fraction of sp³-hybridized carbons (Fsp3) is 0.357. The predicted molar refractivity (Wildman–Crippen MR) is 80.6 cm³/mol. The molecule has 7 nitrogen and oxygen atoms in total. The smallest absolute Gasteiger partial charge is 0.270 e. The molecule has 8 heteroatoms. The minimum Gasteiger partial charge on any atom is -0.337 e. The van der Waals surface area contributed by atoms with Crippen molar-refractivity contribution in [2.75, 3.05) is 18.6 Å². The summed E-state index contributed by atoms with van der Waals surface area (Å²) < 4.78 is 24.4. The second kappa shape index (κ2) is 5.20. The molecule has 0 saturated carbocycles. The minimum absolute atomic E-state index is 0.0580. The third-order valence-electron chi connectivity index (χ3n) is 3.92. The van der Waals surface area contributed by atoms with Crippen LogP contribution in [0.25, 0.3) is 5.65 Å². The van der Waals surface area contributed by atoms with Gasteiger partial charge in [0.05, 0.1) is 11.5 Å². The first-order valence-electron chi connectivity index (χ1n) is 6.83. The van der Waals surface area contributed by atoms with Crippen LogP contribution in [0, 0.1) is 0 Å². The lowest BCUT2D eigenvalue weighted by Crippen LogP contribution is -2.40. The first kappa shape index (κ1) is 14.7. The number of carbonyl (C=O) groups excluding carboxylic acids is 1. The second-order valence-electron chi connectivity index (χ2n) is 5.38. The molecule has 2 aromatic heterocycles. The van der Waals surface area contributed by atoms with Gasteiger partial charge in [-0.2, -0.15) is 0 Å². The maximum Gasteiger partial charge on any atom is 0.270 e. The van der Waals surface area contributed by atoms with E-state index in [-0.39, 0.29) is 17.1 Å². The third-order valence-corrected chi connectivity index (χ3v) is 5.67. The molecule has 22 heavy (non-hydrogen) atoms. The molecule has 1 aliphatic heterocycles. The van der Waals surface area contributed by atoms with Gasteiger partial charge in [0, 0.05) is 25.5 Å². The van der Waals surface area contributed by atoms with Crippen LogP contribution in [0.4, 0.5) is 0 Å². The van der Waals surface area contributed by atoms with Crippen LogP contribution in [0.2, 0.25) is 0 Å². The number of rotatable bonds is 2. The van der Waals surface area contributed by atoms with Crippen molar-refractivity contribution in [3.63, 3.8) is 0 Å². The molecule has 0 unspecified atom stereocenters. The van der Waals surface area contributed by atoms with Gasteiger partial charge in [-0.1, -0.05) is 6.07 Å². The largest absolute Gasteiger partial charge is 0.337 e. The minimum atomic E-state index is -3.09. The number of pyridine rings is 1. The molecule has 0 radical (unpaired) electrons. The third kappa shape index (κ3) is 2.50. The summed E-state index contributed by atoms with van der Waals surface area (Å²) in [5.41, 5.74) is -0.0612. The second-order valence-corrected chi connectivity index (χ2v) is 7.61. The Kier molecular flexibility index (Phi) is 3.48. The Morgan fingerprint density at radius 3 is 2.86 bits per heavy atom. The summed E-state index contributed by atoms with van der Waals surface area (Å²) in [6, 6.07) is 4.70. The van der Waals surface area contributed by atoms with Crippen LogP contribution >= 0.6 is 0 Å². The van der Waals surface area contributed by atoms with Crippen molar-refractivity contribution in [2.24, 2.45) is 0 Å². The van der Waals surface area contributed by atoms with Crippen LogP contribution in [0.5, 0.6) is 0 Å². The molecule has 0 aliphatic carbocycles. The molecule has 1 atom stereocenters. The van der Waals surface area contributed by atoms with E-state index in [1.807, 2.05) is 0 Å². The monoisotopic (exact) mass is 321 g/mol. The van der Waals surface area contributed by atoms with Crippen molar-refractivity contribution in [3.8, 4) is 0 Å². The molecule has 0 bridgehead atoms. The van der Waals surface area contributed by atoms with Crippen LogP contribution in [0.15, 0.2) is 35.4 Å². The highest BCUT2D eigenvalue weighted by atomic mass is 32.2. The van der Waals surface area contributed by atoms with Crippen molar-refractivity contribution in [3.05, 3.63) is 46.5 Å². The Morgan fingerprint density at radius 2 is 2.18 bits per heavy atom. The van der Waals surface area contributed by atoms with E-state index in [0.717, 1.165) is 0 Å². The first-order chi connectivity index (χ1) is 10.4. The normalized spacial score (nSPS) is 20.1. The molecule has 1 fully saturated rings. The number of fused-ring (bicyclic) bond motifs is 1. The number of nitrogens with zero attached hydrogens (tertiary/aromatic N) is 3. The van der Waals surface area contributed by atoms with Gasteiger partial charge < -0.3 is 4.90 Å². The first-order valence-corrected chi connectivity index (χ1v) is 8.65. The van der Waals surface area contributed by atoms with Crippen molar-refractivity contribution >= 4 is 21.4 Å².